The number of rotatable bonds is 5. The van der Waals surface area contributed by atoms with Crippen LogP contribution < -0.4 is 16.8 Å². The van der Waals surface area contributed by atoms with E-state index in [-0.39, 0.29) is 23.9 Å². The monoisotopic (exact) mass is 239 g/mol. The molecule has 0 aliphatic carbocycles. The van der Waals surface area contributed by atoms with Crippen LogP contribution in [-0.4, -0.2) is 35.3 Å². The van der Waals surface area contributed by atoms with Crippen LogP contribution in [0.15, 0.2) is 18.2 Å². The van der Waals surface area contributed by atoms with Crippen LogP contribution in [-0.2, 0) is 0 Å². The molecule has 0 radical (unpaired) electrons. The Hall–Kier alpha value is -1.79. The molecule has 0 spiro atoms. The number of amides is 1. The van der Waals surface area contributed by atoms with E-state index in [0.717, 1.165) is 0 Å². The van der Waals surface area contributed by atoms with E-state index in [2.05, 4.69) is 5.32 Å². The van der Waals surface area contributed by atoms with Crippen molar-refractivity contribution in [1.29, 1.82) is 0 Å². The van der Waals surface area contributed by atoms with Gasteiger partial charge in [-0.05, 0) is 25.1 Å². The van der Waals surface area contributed by atoms with E-state index < -0.39 is 11.7 Å². The van der Waals surface area contributed by atoms with E-state index in [4.69, 9.17) is 11.5 Å². The van der Waals surface area contributed by atoms with E-state index >= 15 is 0 Å². The van der Waals surface area contributed by atoms with Gasteiger partial charge in [-0.15, -0.1) is 0 Å². The summed E-state index contributed by atoms with van der Waals surface area (Å²) in [6.45, 7) is 0.677. The van der Waals surface area contributed by atoms with Crippen LogP contribution >= 0.6 is 0 Å². The highest BCUT2D eigenvalue weighted by Gasteiger charge is 2.16. The largest absolute Gasteiger partial charge is 0.504 e. The third kappa shape index (κ3) is 3.33. The van der Waals surface area contributed by atoms with Crippen LogP contribution in [0.3, 0.4) is 0 Å². The first-order valence-corrected chi connectivity index (χ1v) is 5.32. The lowest BCUT2D eigenvalue weighted by Gasteiger charge is -2.16. The first-order chi connectivity index (χ1) is 8.10. The molecule has 1 rings (SSSR count). The Morgan fingerprint density at radius 2 is 2.06 bits per heavy atom. The number of phenolic OH excluding ortho intramolecular Hbond substituents is 2. The Morgan fingerprint density at radius 3 is 2.65 bits per heavy atom. The van der Waals surface area contributed by atoms with E-state index in [1.165, 1.54) is 18.2 Å². The maximum absolute atomic E-state index is 11.8. The molecule has 1 aromatic rings. The molecule has 1 amide bonds. The Bertz CT molecular complexity index is 396. The van der Waals surface area contributed by atoms with Gasteiger partial charge in [0.05, 0.1) is 5.56 Å². The minimum atomic E-state index is -0.484. The zero-order chi connectivity index (χ0) is 12.8. The van der Waals surface area contributed by atoms with Gasteiger partial charge in [-0.3, -0.25) is 4.79 Å². The van der Waals surface area contributed by atoms with Crippen LogP contribution in [0.5, 0.6) is 11.5 Å². The molecule has 1 aromatic carbocycles. The summed E-state index contributed by atoms with van der Waals surface area (Å²) in [6, 6.07) is 3.95. The molecule has 6 heteroatoms. The van der Waals surface area contributed by atoms with E-state index in [1.807, 2.05) is 0 Å². The van der Waals surface area contributed by atoms with Gasteiger partial charge in [0.25, 0.3) is 5.91 Å². The molecule has 6 nitrogen and oxygen atoms in total. The highest BCUT2D eigenvalue weighted by molar-refractivity contribution is 5.97. The molecular weight excluding hydrogens is 222 g/mol. The first-order valence-electron chi connectivity index (χ1n) is 5.32. The molecule has 0 aliphatic heterocycles. The van der Waals surface area contributed by atoms with Crippen molar-refractivity contribution >= 4 is 5.91 Å². The predicted octanol–water partition coefficient (Wildman–Crippen LogP) is -0.496. The van der Waals surface area contributed by atoms with Crippen molar-refractivity contribution in [3.05, 3.63) is 23.8 Å². The van der Waals surface area contributed by atoms with E-state index in [1.54, 1.807) is 0 Å². The van der Waals surface area contributed by atoms with Crippen molar-refractivity contribution in [3.8, 4) is 11.5 Å². The number of aromatic hydroxyl groups is 2. The van der Waals surface area contributed by atoms with Crippen LogP contribution in [0, 0.1) is 0 Å². The number of benzene rings is 1. The molecule has 1 atom stereocenters. The number of hydrogen-bond acceptors (Lipinski definition) is 5. The highest BCUT2D eigenvalue weighted by Crippen LogP contribution is 2.27. The molecule has 0 bridgehead atoms. The van der Waals surface area contributed by atoms with Gasteiger partial charge in [-0.25, -0.2) is 0 Å². The van der Waals surface area contributed by atoms with Gasteiger partial charge in [0.1, 0.15) is 0 Å². The van der Waals surface area contributed by atoms with Gasteiger partial charge in [0.2, 0.25) is 0 Å². The molecule has 0 aromatic heterocycles. The molecule has 0 unspecified atom stereocenters. The van der Waals surface area contributed by atoms with Crippen molar-refractivity contribution in [2.24, 2.45) is 11.5 Å². The summed E-state index contributed by atoms with van der Waals surface area (Å²) in [5.74, 6) is -1.25. The summed E-state index contributed by atoms with van der Waals surface area (Å²) in [4.78, 5) is 11.8. The number of para-hydroxylation sites is 1. The lowest BCUT2D eigenvalue weighted by molar-refractivity contribution is 0.0933. The molecule has 0 fully saturated rings. The van der Waals surface area contributed by atoms with Crippen LogP contribution in [0.4, 0.5) is 0 Å². The molecule has 0 saturated heterocycles. The number of hydrogen-bond donors (Lipinski definition) is 5. The summed E-state index contributed by atoms with van der Waals surface area (Å²) in [5, 5.41) is 21.4. The van der Waals surface area contributed by atoms with Crippen molar-refractivity contribution in [3.63, 3.8) is 0 Å². The minimum Gasteiger partial charge on any atom is -0.504 e. The summed E-state index contributed by atoms with van der Waals surface area (Å²) in [5.41, 5.74) is 10.9. The second-order valence-electron chi connectivity index (χ2n) is 3.66. The van der Waals surface area contributed by atoms with E-state index in [9.17, 15) is 15.0 Å². The van der Waals surface area contributed by atoms with Crippen molar-refractivity contribution in [1.82, 2.24) is 5.32 Å². The van der Waals surface area contributed by atoms with Gasteiger partial charge in [0, 0.05) is 12.6 Å². The fourth-order valence-electron chi connectivity index (χ4n) is 1.43. The van der Waals surface area contributed by atoms with Crippen molar-refractivity contribution in [2.45, 2.75) is 12.5 Å². The van der Waals surface area contributed by atoms with Crippen molar-refractivity contribution in [2.75, 3.05) is 13.1 Å². The summed E-state index contributed by atoms with van der Waals surface area (Å²) < 4.78 is 0. The van der Waals surface area contributed by atoms with Gasteiger partial charge in [-0.2, -0.15) is 0 Å². The Labute approximate surface area is 99.2 Å². The van der Waals surface area contributed by atoms with Gasteiger partial charge < -0.3 is 27.0 Å². The average molecular weight is 239 g/mol. The smallest absolute Gasteiger partial charge is 0.255 e. The molecular formula is C11H17N3O3. The topological polar surface area (TPSA) is 122 Å². The number of nitrogens with two attached hydrogens (primary N) is 2. The maximum Gasteiger partial charge on any atom is 0.255 e. The molecule has 0 saturated carbocycles. The number of carbonyl (C=O) groups excluding carboxylic acids is 1. The maximum atomic E-state index is 11.8. The molecule has 7 N–H and O–H groups in total. The summed E-state index contributed by atoms with van der Waals surface area (Å²) >= 11 is 0. The number of phenols is 2. The summed E-state index contributed by atoms with van der Waals surface area (Å²) in [6.07, 6.45) is 0.557. The lowest BCUT2D eigenvalue weighted by Crippen LogP contribution is -2.41. The highest BCUT2D eigenvalue weighted by atomic mass is 16.3. The van der Waals surface area contributed by atoms with Crippen LogP contribution in [0.2, 0.25) is 0 Å². The third-order valence-corrected chi connectivity index (χ3v) is 2.39. The molecule has 0 aliphatic rings. The van der Waals surface area contributed by atoms with Crippen LogP contribution in [0.25, 0.3) is 0 Å². The van der Waals surface area contributed by atoms with Gasteiger partial charge in [0.15, 0.2) is 11.5 Å². The Kier molecular flexibility index (Phi) is 4.74. The molecule has 0 heterocycles. The second kappa shape index (κ2) is 6.07. The summed E-state index contributed by atoms with van der Waals surface area (Å²) in [7, 11) is 0. The predicted molar refractivity (Wildman–Crippen MR) is 63.8 cm³/mol. The normalized spacial score (nSPS) is 12.1. The first kappa shape index (κ1) is 13.3. The standard InChI is InChI=1S/C11H17N3O3/c12-5-4-7(6-13)14-11(17)8-2-1-3-9(15)10(8)16/h1-3,7,15-16H,4-6,12-13H2,(H,14,17)/t7-/m1/s1. The Balaban J connectivity index is 2.79. The minimum absolute atomic E-state index is 0.0143. The molecule has 17 heavy (non-hydrogen) atoms. The SMILES string of the molecule is NCC[C@H](CN)NC(=O)c1cccc(O)c1O. The number of nitrogens with one attached hydrogen (secondary N) is 1. The van der Waals surface area contributed by atoms with Gasteiger partial charge in [-0.1, -0.05) is 6.07 Å². The second-order valence-corrected chi connectivity index (χ2v) is 3.66. The van der Waals surface area contributed by atoms with Crippen LogP contribution in [0.1, 0.15) is 16.8 Å². The molecule has 94 valence electrons. The average Bonchev–Trinajstić information content (AvgIpc) is 2.31. The van der Waals surface area contributed by atoms with Crippen molar-refractivity contribution < 1.29 is 15.0 Å². The third-order valence-electron chi connectivity index (χ3n) is 2.39. The zero-order valence-corrected chi connectivity index (χ0v) is 9.39. The fourth-order valence-corrected chi connectivity index (χ4v) is 1.43. The lowest BCUT2D eigenvalue weighted by atomic mass is 10.1. The zero-order valence-electron chi connectivity index (χ0n) is 9.39. The van der Waals surface area contributed by atoms with E-state index in [0.29, 0.717) is 13.0 Å². The number of carbonyl (C=O) groups is 1. The van der Waals surface area contributed by atoms with Gasteiger partial charge >= 0.3 is 0 Å². The quantitative estimate of drug-likeness (QED) is 0.444. The Morgan fingerprint density at radius 1 is 1.35 bits per heavy atom. The fraction of sp³-hybridized carbons (Fsp3) is 0.364.